The summed E-state index contributed by atoms with van der Waals surface area (Å²) in [4.78, 5) is 24.5. The van der Waals surface area contributed by atoms with Crippen LogP contribution < -0.4 is 5.32 Å². The van der Waals surface area contributed by atoms with Crippen molar-refractivity contribution in [3.8, 4) is 0 Å². The number of aliphatic hydroxyl groups excluding tert-OH is 2. The van der Waals surface area contributed by atoms with Crippen LogP contribution in [0.4, 0.5) is 0 Å². The Labute approximate surface area is 513 Å². The summed E-state index contributed by atoms with van der Waals surface area (Å²) in [5.41, 5.74) is 0. The number of aliphatic hydroxyl groups is 2. The number of rotatable bonds is 71. The number of allylic oxidation sites excluding steroid dienone is 3. The third-order valence-electron chi connectivity index (χ3n) is 17.7. The van der Waals surface area contributed by atoms with Crippen LogP contribution in [0.3, 0.4) is 0 Å². The smallest absolute Gasteiger partial charge is 0.305 e. The molecule has 0 aliphatic carbocycles. The minimum atomic E-state index is -0.839. The maximum Gasteiger partial charge on any atom is 0.305 e. The summed E-state index contributed by atoms with van der Waals surface area (Å²) in [5.74, 6) is -0.0448. The maximum atomic E-state index is 12.5. The van der Waals surface area contributed by atoms with Crippen molar-refractivity contribution in [2.75, 3.05) is 13.2 Å². The van der Waals surface area contributed by atoms with Crippen LogP contribution >= 0.6 is 0 Å². The Balaban J connectivity index is 3.29. The summed E-state index contributed by atoms with van der Waals surface area (Å²) < 4.78 is 5.49. The van der Waals surface area contributed by atoms with Gasteiger partial charge in [-0.15, -0.1) is 0 Å². The average Bonchev–Trinajstić information content (AvgIpc) is 3.48. The van der Waals surface area contributed by atoms with Crippen molar-refractivity contribution in [3.63, 3.8) is 0 Å². The molecule has 0 saturated heterocycles. The quantitative estimate of drug-likeness (QED) is 0.0320. The Kier molecular flexibility index (Phi) is 70.4. The van der Waals surface area contributed by atoms with E-state index in [0.29, 0.717) is 19.4 Å². The monoisotopic (exact) mass is 1150 g/mol. The highest BCUT2D eigenvalue weighted by Crippen LogP contribution is 2.20. The lowest BCUT2D eigenvalue weighted by atomic mass is 10.0. The van der Waals surface area contributed by atoms with E-state index in [4.69, 9.17) is 4.74 Å². The molecule has 6 heteroatoms. The van der Waals surface area contributed by atoms with Crippen LogP contribution in [0.5, 0.6) is 0 Å². The highest BCUT2D eigenvalue weighted by molar-refractivity contribution is 5.76. The van der Waals surface area contributed by atoms with Crippen LogP contribution in [0.25, 0.3) is 0 Å². The zero-order valence-electron chi connectivity index (χ0n) is 55.8. The number of amides is 1. The molecule has 2 unspecified atom stereocenters. The largest absolute Gasteiger partial charge is 0.466 e. The highest BCUT2D eigenvalue weighted by atomic mass is 16.5. The molecule has 0 aliphatic heterocycles. The van der Waals surface area contributed by atoms with Gasteiger partial charge in [-0.05, 0) is 57.8 Å². The van der Waals surface area contributed by atoms with Crippen LogP contribution in [-0.2, 0) is 14.3 Å². The number of ether oxygens (including phenoxy) is 1. The van der Waals surface area contributed by atoms with Crippen molar-refractivity contribution < 1.29 is 24.5 Å². The van der Waals surface area contributed by atoms with Gasteiger partial charge in [0.2, 0.25) is 5.91 Å². The Morgan fingerprint density at radius 2 is 0.573 bits per heavy atom. The van der Waals surface area contributed by atoms with Crippen LogP contribution in [0.2, 0.25) is 0 Å². The molecule has 0 spiro atoms. The number of carbonyl (C=O) groups is 2. The van der Waals surface area contributed by atoms with Gasteiger partial charge in [0.05, 0.1) is 25.4 Å². The number of nitrogens with one attached hydrogen (secondary N) is 1. The van der Waals surface area contributed by atoms with Gasteiger partial charge in [-0.3, -0.25) is 9.59 Å². The van der Waals surface area contributed by atoms with Crippen LogP contribution in [0, 0.1) is 0 Å². The van der Waals surface area contributed by atoms with Gasteiger partial charge in [0, 0.05) is 12.8 Å². The van der Waals surface area contributed by atoms with E-state index in [1.807, 2.05) is 6.08 Å². The van der Waals surface area contributed by atoms with Crippen molar-refractivity contribution in [2.24, 2.45) is 0 Å². The molecule has 0 fully saturated rings. The molecule has 2 atom stereocenters. The van der Waals surface area contributed by atoms with Gasteiger partial charge in [-0.1, -0.05) is 378 Å². The molecule has 0 aliphatic rings. The first-order valence-electron chi connectivity index (χ1n) is 37.6. The van der Waals surface area contributed by atoms with Gasteiger partial charge >= 0.3 is 5.97 Å². The summed E-state index contributed by atoms with van der Waals surface area (Å²) in [5, 5.41) is 23.1. The number of esters is 1. The van der Waals surface area contributed by atoms with Gasteiger partial charge < -0.3 is 20.3 Å². The fourth-order valence-electron chi connectivity index (χ4n) is 12.0. The van der Waals surface area contributed by atoms with E-state index in [1.54, 1.807) is 6.08 Å². The second-order valence-electron chi connectivity index (χ2n) is 26.0. The zero-order valence-corrected chi connectivity index (χ0v) is 55.8. The lowest BCUT2D eigenvalue weighted by Gasteiger charge is -2.20. The standard InChI is InChI=1S/C76H147NO5/c1-3-5-7-9-11-13-15-44-48-52-56-60-64-68-74(79)73(72-78)77-75(80)69-65-61-57-53-49-46-42-40-38-36-34-32-30-28-26-24-22-20-18-17-19-21-23-25-27-29-31-33-35-37-39-41-43-47-51-55-59-63-67-71-82-76(81)70-66-62-58-54-50-45-16-14-12-10-8-6-4-2/h14,16,64,68,73-74,78-79H,3-13,15,17-63,65-67,69-72H2,1-2H3,(H,77,80)/b16-14-,68-64+. The topological polar surface area (TPSA) is 95.9 Å². The van der Waals surface area contributed by atoms with E-state index >= 15 is 0 Å². The molecule has 0 heterocycles. The van der Waals surface area contributed by atoms with Gasteiger partial charge in [-0.2, -0.15) is 0 Å². The Hall–Kier alpha value is -1.66. The van der Waals surface area contributed by atoms with Crippen molar-refractivity contribution in [3.05, 3.63) is 24.3 Å². The molecule has 0 bridgehead atoms. The lowest BCUT2D eigenvalue weighted by molar-refractivity contribution is -0.143. The van der Waals surface area contributed by atoms with Gasteiger partial charge in [0.25, 0.3) is 0 Å². The Morgan fingerprint density at radius 3 is 0.878 bits per heavy atom. The molecule has 486 valence electrons. The van der Waals surface area contributed by atoms with Crippen LogP contribution in [0.15, 0.2) is 24.3 Å². The molecule has 0 radical (unpaired) electrons. The SMILES string of the molecule is CCCCCC/C=C\CCCCCCCC(=O)OCCCCCCCCCCCCCCCCCCCCCCCCCCCCCCCCCCCCCCCCCC(=O)NC(CO)C(O)/C=C/CCCCCCCCCCCCC. The second kappa shape index (κ2) is 71.8. The summed E-state index contributed by atoms with van der Waals surface area (Å²) in [6.07, 6.45) is 91.6. The molecule has 0 aromatic heterocycles. The summed E-state index contributed by atoms with van der Waals surface area (Å²) in [7, 11) is 0. The van der Waals surface area contributed by atoms with Gasteiger partial charge in [0.1, 0.15) is 0 Å². The van der Waals surface area contributed by atoms with Crippen LogP contribution in [0.1, 0.15) is 425 Å². The first-order valence-corrected chi connectivity index (χ1v) is 37.6. The predicted molar refractivity (Wildman–Crippen MR) is 361 cm³/mol. The molecule has 82 heavy (non-hydrogen) atoms. The van der Waals surface area contributed by atoms with Crippen molar-refractivity contribution in [1.82, 2.24) is 5.32 Å². The Bertz CT molecular complexity index is 1280. The van der Waals surface area contributed by atoms with Crippen molar-refractivity contribution in [2.45, 2.75) is 437 Å². The summed E-state index contributed by atoms with van der Waals surface area (Å²) >= 11 is 0. The fourth-order valence-corrected chi connectivity index (χ4v) is 12.0. The predicted octanol–water partition coefficient (Wildman–Crippen LogP) is 24.5. The van der Waals surface area contributed by atoms with Gasteiger partial charge in [-0.25, -0.2) is 0 Å². The Morgan fingerprint density at radius 1 is 0.329 bits per heavy atom. The van der Waals surface area contributed by atoms with E-state index < -0.39 is 12.1 Å². The number of hydrogen-bond donors (Lipinski definition) is 3. The first kappa shape index (κ1) is 80.3. The highest BCUT2D eigenvalue weighted by Gasteiger charge is 2.18. The number of hydrogen-bond acceptors (Lipinski definition) is 5. The molecule has 0 rings (SSSR count). The lowest BCUT2D eigenvalue weighted by Crippen LogP contribution is -2.45. The maximum absolute atomic E-state index is 12.5. The summed E-state index contributed by atoms with van der Waals surface area (Å²) in [6.45, 7) is 4.92. The third-order valence-corrected chi connectivity index (χ3v) is 17.7. The van der Waals surface area contributed by atoms with E-state index in [0.717, 1.165) is 44.9 Å². The first-order chi connectivity index (χ1) is 40.5. The summed E-state index contributed by atoms with van der Waals surface area (Å²) in [6, 6.07) is -0.622. The van der Waals surface area contributed by atoms with Crippen molar-refractivity contribution >= 4 is 11.9 Å². The molecule has 0 aromatic rings. The normalized spacial score (nSPS) is 12.6. The minimum Gasteiger partial charge on any atom is -0.466 e. The van der Waals surface area contributed by atoms with E-state index in [-0.39, 0.29) is 18.5 Å². The van der Waals surface area contributed by atoms with E-state index in [2.05, 4.69) is 31.3 Å². The minimum absolute atomic E-state index is 0.0151. The van der Waals surface area contributed by atoms with Gasteiger partial charge in [0.15, 0.2) is 0 Å². The van der Waals surface area contributed by atoms with E-state index in [9.17, 15) is 19.8 Å². The fraction of sp³-hybridized carbons (Fsp3) is 0.921. The second-order valence-corrected chi connectivity index (χ2v) is 26.0. The molecule has 6 nitrogen and oxygen atoms in total. The van der Waals surface area contributed by atoms with E-state index in [1.165, 1.54) is 353 Å². The zero-order chi connectivity index (χ0) is 59.2. The van der Waals surface area contributed by atoms with Crippen molar-refractivity contribution in [1.29, 1.82) is 0 Å². The molecule has 1 amide bonds. The number of carbonyl (C=O) groups excluding carboxylic acids is 2. The third kappa shape index (κ3) is 67.5. The molecular formula is C76H147NO5. The number of unbranched alkanes of at least 4 members (excludes halogenated alkanes) is 58. The molecule has 0 saturated carbocycles. The molecular weight excluding hydrogens is 1010 g/mol. The molecule has 3 N–H and O–H groups in total. The van der Waals surface area contributed by atoms with Crippen LogP contribution in [-0.4, -0.2) is 47.4 Å². The molecule has 0 aromatic carbocycles. The average molecular weight is 1160 g/mol.